The van der Waals surface area contributed by atoms with Crippen LogP contribution in [0.1, 0.15) is 50.8 Å². The molecular weight excluding hydrogens is 308 g/mol. The highest BCUT2D eigenvalue weighted by molar-refractivity contribution is 5.77. The SMILES string of the molecule is CCc1nnc(CN2CCC3(CCC(=O)N(CCCO)C3)CC2)o1. The lowest BCUT2D eigenvalue weighted by atomic mass is 9.72. The molecule has 134 valence electrons. The lowest BCUT2D eigenvalue weighted by molar-refractivity contribution is -0.139. The van der Waals surface area contributed by atoms with Crippen LogP contribution in [0.25, 0.3) is 0 Å². The Bertz CT molecular complexity index is 552. The third kappa shape index (κ3) is 3.95. The van der Waals surface area contributed by atoms with Gasteiger partial charge in [0.2, 0.25) is 17.7 Å². The first kappa shape index (κ1) is 17.4. The lowest BCUT2D eigenvalue weighted by Crippen LogP contribution is -2.51. The first-order chi connectivity index (χ1) is 11.6. The Morgan fingerprint density at radius 2 is 1.96 bits per heavy atom. The molecular formula is C17H28N4O3. The van der Waals surface area contributed by atoms with Crippen molar-refractivity contribution in [1.82, 2.24) is 20.0 Å². The van der Waals surface area contributed by atoms with E-state index in [0.717, 1.165) is 51.9 Å². The van der Waals surface area contributed by atoms with Crippen molar-refractivity contribution in [1.29, 1.82) is 0 Å². The van der Waals surface area contributed by atoms with Crippen molar-refractivity contribution in [2.24, 2.45) is 5.41 Å². The zero-order valence-electron chi connectivity index (χ0n) is 14.5. The minimum Gasteiger partial charge on any atom is -0.424 e. The number of aromatic nitrogens is 2. The molecule has 0 atom stereocenters. The van der Waals surface area contributed by atoms with Gasteiger partial charge in [0, 0.05) is 32.5 Å². The van der Waals surface area contributed by atoms with Gasteiger partial charge in [0.25, 0.3) is 0 Å². The lowest BCUT2D eigenvalue weighted by Gasteiger charge is -2.47. The molecule has 1 spiro atoms. The monoisotopic (exact) mass is 336 g/mol. The second kappa shape index (κ2) is 7.61. The van der Waals surface area contributed by atoms with Gasteiger partial charge in [-0.3, -0.25) is 9.69 Å². The molecule has 3 rings (SSSR count). The zero-order valence-corrected chi connectivity index (χ0v) is 14.5. The zero-order chi connectivity index (χ0) is 17.0. The van der Waals surface area contributed by atoms with E-state index in [4.69, 9.17) is 9.52 Å². The third-order valence-electron chi connectivity index (χ3n) is 5.42. The van der Waals surface area contributed by atoms with Gasteiger partial charge in [0.05, 0.1) is 6.54 Å². The van der Waals surface area contributed by atoms with E-state index >= 15 is 0 Å². The molecule has 1 aromatic heterocycles. The van der Waals surface area contributed by atoms with Crippen molar-refractivity contribution in [2.75, 3.05) is 32.8 Å². The second-order valence-electron chi connectivity index (χ2n) is 7.11. The van der Waals surface area contributed by atoms with Crippen LogP contribution in [-0.4, -0.2) is 63.8 Å². The van der Waals surface area contributed by atoms with E-state index in [1.807, 2.05) is 11.8 Å². The Morgan fingerprint density at radius 3 is 2.62 bits per heavy atom. The summed E-state index contributed by atoms with van der Waals surface area (Å²) in [5.41, 5.74) is 0.253. The van der Waals surface area contributed by atoms with Crippen molar-refractivity contribution in [3.8, 4) is 0 Å². The van der Waals surface area contributed by atoms with E-state index in [9.17, 15) is 4.79 Å². The third-order valence-corrected chi connectivity index (χ3v) is 5.42. The van der Waals surface area contributed by atoms with Crippen LogP contribution in [-0.2, 0) is 17.8 Å². The summed E-state index contributed by atoms with van der Waals surface area (Å²) in [7, 11) is 0. The predicted molar refractivity (Wildman–Crippen MR) is 88.1 cm³/mol. The smallest absolute Gasteiger partial charge is 0.230 e. The first-order valence-corrected chi connectivity index (χ1v) is 9.06. The standard InChI is InChI=1S/C17H28N4O3/c1-2-14-18-19-15(24-14)12-20-9-6-17(7-10-20)5-4-16(23)21(13-17)8-3-11-22/h22H,2-13H2,1H3. The number of hydrogen-bond donors (Lipinski definition) is 1. The molecule has 7 heteroatoms. The van der Waals surface area contributed by atoms with Gasteiger partial charge in [-0.1, -0.05) is 6.92 Å². The number of piperidine rings is 2. The topological polar surface area (TPSA) is 82.7 Å². The van der Waals surface area contributed by atoms with E-state index in [2.05, 4.69) is 15.1 Å². The summed E-state index contributed by atoms with van der Waals surface area (Å²) in [6.07, 6.45) is 5.29. The summed E-state index contributed by atoms with van der Waals surface area (Å²) in [6.45, 7) is 6.42. The summed E-state index contributed by atoms with van der Waals surface area (Å²) < 4.78 is 5.61. The van der Waals surface area contributed by atoms with Gasteiger partial charge in [-0.25, -0.2) is 0 Å². The van der Waals surface area contributed by atoms with E-state index < -0.39 is 0 Å². The maximum absolute atomic E-state index is 12.1. The predicted octanol–water partition coefficient (Wildman–Crippen LogP) is 1.22. The normalized spacial score (nSPS) is 21.6. The average Bonchev–Trinajstić information content (AvgIpc) is 3.06. The van der Waals surface area contributed by atoms with E-state index in [-0.39, 0.29) is 17.9 Å². The van der Waals surface area contributed by atoms with Crippen molar-refractivity contribution in [3.05, 3.63) is 11.8 Å². The Kier molecular flexibility index (Phi) is 5.50. The van der Waals surface area contributed by atoms with Gasteiger partial charge in [-0.05, 0) is 44.2 Å². The second-order valence-corrected chi connectivity index (χ2v) is 7.11. The number of carbonyl (C=O) groups excluding carboxylic acids is 1. The maximum atomic E-state index is 12.1. The Labute approximate surface area is 143 Å². The summed E-state index contributed by atoms with van der Waals surface area (Å²) in [5.74, 6) is 1.64. The Morgan fingerprint density at radius 1 is 1.21 bits per heavy atom. The van der Waals surface area contributed by atoms with Crippen LogP contribution >= 0.6 is 0 Å². The molecule has 24 heavy (non-hydrogen) atoms. The highest BCUT2D eigenvalue weighted by Gasteiger charge is 2.40. The number of hydrogen-bond acceptors (Lipinski definition) is 6. The quantitative estimate of drug-likeness (QED) is 0.841. The number of aliphatic hydroxyl groups excluding tert-OH is 1. The van der Waals surface area contributed by atoms with Crippen LogP contribution in [0.3, 0.4) is 0 Å². The minimum absolute atomic E-state index is 0.147. The molecule has 0 saturated carbocycles. The van der Waals surface area contributed by atoms with Crippen molar-refractivity contribution < 1.29 is 14.3 Å². The van der Waals surface area contributed by atoms with Crippen molar-refractivity contribution in [3.63, 3.8) is 0 Å². The first-order valence-electron chi connectivity index (χ1n) is 9.06. The highest BCUT2D eigenvalue weighted by atomic mass is 16.4. The maximum Gasteiger partial charge on any atom is 0.230 e. The average molecular weight is 336 g/mol. The number of rotatable bonds is 6. The number of likely N-dealkylation sites (tertiary alicyclic amines) is 2. The Balaban J connectivity index is 1.52. The molecule has 1 N–H and O–H groups in total. The fraction of sp³-hybridized carbons (Fsp3) is 0.824. The molecule has 1 amide bonds. The van der Waals surface area contributed by atoms with Gasteiger partial charge in [-0.2, -0.15) is 0 Å². The fourth-order valence-electron chi connectivity index (χ4n) is 3.85. The number of aliphatic hydroxyl groups is 1. The van der Waals surface area contributed by atoms with Crippen LogP contribution in [0.5, 0.6) is 0 Å². The molecule has 0 aliphatic carbocycles. The van der Waals surface area contributed by atoms with Crippen molar-refractivity contribution >= 4 is 5.91 Å². The van der Waals surface area contributed by atoms with Crippen LogP contribution in [0.15, 0.2) is 4.42 Å². The molecule has 0 unspecified atom stereocenters. The van der Waals surface area contributed by atoms with E-state index in [1.54, 1.807) is 0 Å². The van der Waals surface area contributed by atoms with Gasteiger partial charge < -0.3 is 14.4 Å². The summed E-state index contributed by atoms with van der Waals surface area (Å²) in [5, 5.41) is 17.1. The van der Waals surface area contributed by atoms with Gasteiger partial charge in [0.1, 0.15) is 0 Å². The summed E-state index contributed by atoms with van der Waals surface area (Å²) in [4.78, 5) is 16.4. The van der Waals surface area contributed by atoms with E-state index in [1.165, 1.54) is 0 Å². The molecule has 0 radical (unpaired) electrons. The molecule has 2 aliphatic rings. The molecule has 2 saturated heterocycles. The fourth-order valence-corrected chi connectivity index (χ4v) is 3.85. The van der Waals surface area contributed by atoms with Gasteiger partial charge in [0.15, 0.2) is 0 Å². The van der Waals surface area contributed by atoms with Crippen LogP contribution < -0.4 is 0 Å². The number of aryl methyl sites for hydroxylation is 1. The van der Waals surface area contributed by atoms with Crippen molar-refractivity contribution in [2.45, 2.75) is 52.0 Å². The molecule has 0 bridgehead atoms. The molecule has 2 fully saturated rings. The highest BCUT2D eigenvalue weighted by Crippen LogP contribution is 2.40. The summed E-state index contributed by atoms with van der Waals surface area (Å²) in [6, 6.07) is 0. The Hall–Kier alpha value is -1.47. The van der Waals surface area contributed by atoms with Crippen LogP contribution in [0.4, 0.5) is 0 Å². The van der Waals surface area contributed by atoms with Gasteiger partial charge >= 0.3 is 0 Å². The number of amides is 1. The molecule has 7 nitrogen and oxygen atoms in total. The minimum atomic E-state index is 0.147. The molecule has 0 aromatic carbocycles. The van der Waals surface area contributed by atoms with E-state index in [0.29, 0.717) is 31.2 Å². The summed E-state index contributed by atoms with van der Waals surface area (Å²) >= 11 is 0. The van der Waals surface area contributed by atoms with Crippen LogP contribution in [0, 0.1) is 5.41 Å². The number of carbonyl (C=O) groups is 1. The molecule has 1 aromatic rings. The molecule has 2 aliphatic heterocycles. The van der Waals surface area contributed by atoms with Crippen LogP contribution in [0.2, 0.25) is 0 Å². The number of nitrogens with zero attached hydrogens (tertiary/aromatic N) is 4. The largest absolute Gasteiger partial charge is 0.424 e. The van der Waals surface area contributed by atoms with Gasteiger partial charge in [-0.15, -0.1) is 10.2 Å². The molecule has 3 heterocycles.